The van der Waals surface area contributed by atoms with Crippen molar-refractivity contribution in [3.63, 3.8) is 0 Å². The minimum atomic E-state index is -2.55. The maximum atomic E-state index is 12.5. The molecule has 96 valence electrons. The molecule has 1 N–H and O–H groups in total. The number of nitrogens with one attached hydrogen (secondary N) is 1. The molecule has 17 heavy (non-hydrogen) atoms. The van der Waals surface area contributed by atoms with Crippen LogP contribution in [0.3, 0.4) is 0 Å². The second kappa shape index (κ2) is 6.07. The van der Waals surface area contributed by atoms with Gasteiger partial charge in [-0.15, -0.1) is 0 Å². The van der Waals surface area contributed by atoms with E-state index in [-0.39, 0.29) is 12.4 Å². The van der Waals surface area contributed by atoms with Crippen LogP contribution in [0.2, 0.25) is 0 Å². The lowest BCUT2D eigenvalue weighted by Gasteiger charge is -2.09. The summed E-state index contributed by atoms with van der Waals surface area (Å²) in [5, 5.41) is 3.28. The third-order valence-corrected chi connectivity index (χ3v) is 3.02. The van der Waals surface area contributed by atoms with E-state index < -0.39 is 6.55 Å². The summed E-state index contributed by atoms with van der Waals surface area (Å²) in [6.07, 6.45) is 4.79. The molecule has 0 aromatic carbocycles. The van der Waals surface area contributed by atoms with Crippen LogP contribution in [0.5, 0.6) is 0 Å². The molecule has 0 radical (unpaired) electrons. The van der Waals surface area contributed by atoms with E-state index in [0.29, 0.717) is 12.5 Å². The minimum absolute atomic E-state index is 0.150. The molecule has 1 atom stereocenters. The van der Waals surface area contributed by atoms with Gasteiger partial charge in [-0.3, -0.25) is 4.57 Å². The number of hydrogen-bond donors (Lipinski definition) is 1. The molecule has 1 aromatic rings. The van der Waals surface area contributed by atoms with E-state index in [4.69, 9.17) is 4.74 Å². The molecule has 1 aliphatic heterocycles. The number of alkyl halides is 2. The fourth-order valence-corrected chi connectivity index (χ4v) is 2.01. The first kappa shape index (κ1) is 12.4. The first-order valence-corrected chi connectivity index (χ1v) is 5.85. The smallest absolute Gasteiger partial charge is 0.320 e. The molecular weight excluding hydrogens is 228 g/mol. The summed E-state index contributed by atoms with van der Waals surface area (Å²) in [5.74, 6) is 0.939. The van der Waals surface area contributed by atoms with Gasteiger partial charge in [-0.2, -0.15) is 8.78 Å². The third kappa shape index (κ3) is 3.47. The summed E-state index contributed by atoms with van der Waals surface area (Å²) in [6.45, 7) is 0.310. The molecular formula is C11H17F2N3O. The average molecular weight is 245 g/mol. The van der Waals surface area contributed by atoms with E-state index in [9.17, 15) is 8.78 Å². The molecule has 0 aliphatic carbocycles. The van der Waals surface area contributed by atoms with Gasteiger partial charge in [-0.25, -0.2) is 4.98 Å². The molecule has 0 spiro atoms. The quantitative estimate of drug-likeness (QED) is 0.777. The summed E-state index contributed by atoms with van der Waals surface area (Å²) in [7, 11) is 0. The summed E-state index contributed by atoms with van der Waals surface area (Å²) in [5.41, 5.74) is 0. The number of nitrogens with zero attached hydrogens (tertiary/aromatic N) is 2. The van der Waals surface area contributed by atoms with E-state index in [1.54, 1.807) is 0 Å². The number of imidazole rings is 1. The Balaban J connectivity index is 1.68. The first-order valence-electron chi connectivity index (χ1n) is 5.85. The van der Waals surface area contributed by atoms with Crippen LogP contribution in [-0.4, -0.2) is 29.2 Å². The van der Waals surface area contributed by atoms with Crippen molar-refractivity contribution < 1.29 is 13.5 Å². The highest BCUT2D eigenvalue weighted by atomic mass is 19.3. The van der Waals surface area contributed by atoms with Gasteiger partial charge in [0.1, 0.15) is 12.4 Å². The molecule has 0 bridgehead atoms. The average Bonchev–Trinajstić information content (AvgIpc) is 2.95. The molecule has 6 heteroatoms. The Morgan fingerprint density at radius 3 is 3.18 bits per heavy atom. The van der Waals surface area contributed by atoms with Gasteiger partial charge < -0.3 is 10.1 Å². The predicted octanol–water partition coefficient (Wildman–Crippen LogP) is 1.79. The second-order valence-electron chi connectivity index (χ2n) is 4.23. The molecule has 4 nitrogen and oxygen atoms in total. The van der Waals surface area contributed by atoms with E-state index in [1.807, 2.05) is 0 Å². The van der Waals surface area contributed by atoms with E-state index in [1.165, 1.54) is 18.8 Å². The zero-order chi connectivity index (χ0) is 12.1. The number of hydrogen-bond acceptors (Lipinski definition) is 3. The monoisotopic (exact) mass is 245 g/mol. The molecule has 1 fully saturated rings. The van der Waals surface area contributed by atoms with Gasteiger partial charge in [0.05, 0.1) is 0 Å². The van der Waals surface area contributed by atoms with Crippen molar-refractivity contribution in [3.05, 3.63) is 18.2 Å². The SMILES string of the molecule is FC(F)n1ccnc1COCCC1CCNC1. The zero-order valence-electron chi connectivity index (χ0n) is 9.61. The van der Waals surface area contributed by atoms with Gasteiger partial charge >= 0.3 is 6.55 Å². The minimum Gasteiger partial charge on any atom is -0.374 e. The molecule has 1 aromatic heterocycles. The maximum absolute atomic E-state index is 12.5. The Kier molecular flexibility index (Phi) is 4.44. The second-order valence-corrected chi connectivity index (χ2v) is 4.23. The van der Waals surface area contributed by atoms with Crippen LogP contribution in [0.25, 0.3) is 0 Å². The van der Waals surface area contributed by atoms with Crippen LogP contribution in [0.15, 0.2) is 12.4 Å². The highest BCUT2D eigenvalue weighted by molar-refractivity contribution is 4.90. The predicted molar refractivity (Wildman–Crippen MR) is 58.7 cm³/mol. The fourth-order valence-electron chi connectivity index (χ4n) is 2.01. The van der Waals surface area contributed by atoms with Gasteiger partial charge in [-0.1, -0.05) is 0 Å². The van der Waals surface area contributed by atoms with E-state index >= 15 is 0 Å². The largest absolute Gasteiger partial charge is 0.374 e. The topological polar surface area (TPSA) is 39.1 Å². The molecule has 2 rings (SSSR count). The number of rotatable bonds is 6. The van der Waals surface area contributed by atoms with Crippen molar-refractivity contribution in [2.75, 3.05) is 19.7 Å². The van der Waals surface area contributed by atoms with Crippen molar-refractivity contribution in [2.24, 2.45) is 5.92 Å². The molecule has 1 saturated heterocycles. The summed E-state index contributed by atoms with van der Waals surface area (Å²) >= 11 is 0. The molecule has 0 amide bonds. The highest BCUT2D eigenvalue weighted by Gasteiger charge is 2.14. The Morgan fingerprint density at radius 2 is 2.47 bits per heavy atom. The molecule has 2 heterocycles. The summed E-state index contributed by atoms with van der Waals surface area (Å²) < 4.78 is 31.2. The molecule has 1 aliphatic rings. The van der Waals surface area contributed by atoms with Crippen molar-refractivity contribution in [1.82, 2.24) is 14.9 Å². The standard InChI is InChI=1S/C11H17F2N3O/c12-11(13)16-5-4-15-10(16)8-17-6-2-9-1-3-14-7-9/h4-5,9,11,14H,1-3,6-8H2. The van der Waals surface area contributed by atoms with Gasteiger partial charge in [0.25, 0.3) is 0 Å². The summed E-state index contributed by atoms with van der Waals surface area (Å²) in [6, 6.07) is 0. The lowest BCUT2D eigenvalue weighted by Crippen LogP contribution is -2.11. The van der Waals surface area contributed by atoms with Gasteiger partial charge in [-0.05, 0) is 31.8 Å². The van der Waals surface area contributed by atoms with E-state index in [0.717, 1.165) is 24.1 Å². The Labute approximate surface area is 99.0 Å². The van der Waals surface area contributed by atoms with Crippen molar-refractivity contribution >= 4 is 0 Å². The Hall–Kier alpha value is -1.01. The number of aromatic nitrogens is 2. The highest BCUT2D eigenvalue weighted by Crippen LogP contribution is 2.14. The van der Waals surface area contributed by atoms with Crippen molar-refractivity contribution in [1.29, 1.82) is 0 Å². The fraction of sp³-hybridized carbons (Fsp3) is 0.727. The Bertz CT molecular complexity index is 337. The normalized spacial score (nSPS) is 20.3. The summed E-state index contributed by atoms with van der Waals surface area (Å²) in [4.78, 5) is 3.85. The van der Waals surface area contributed by atoms with Crippen LogP contribution in [0.1, 0.15) is 25.2 Å². The third-order valence-electron chi connectivity index (χ3n) is 3.02. The molecule has 1 unspecified atom stereocenters. The van der Waals surface area contributed by atoms with Crippen molar-refractivity contribution in [3.8, 4) is 0 Å². The van der Waals surface area contributed by atoms with Crippen molar-refractivity contribution in [2.45, 2.75) is 26.0 Å². The zero-order valence-corrected chi connectivity index (χ0v) is 9.61. The lowest BCUT2D eigenvalue weighted by molar-refractivity contribution is 0.0503. The van der Waals surface area contributed by atoms with Crippen LogP contribution >= 0.6 is 0 Å². The van der Waals surface area contributed by atoms with Crippen LogP contribution < -0.4 is 5.32 Å². The first-order chi connectivity index (χ1) is 8.27. The van der Waals surface area contributed by atoms with Crippen LogP contribution in [-0.2, 0) is 11.3 Å². The number of ether oxygens (including phenoxy) is 1. The Morgan fingerprint density at radius 1 is 1.59 bits per heavy atom. The number of halogens is 2. The van der Waals surface area contributed by atoms with Gasteiger partial charge in [0.15, 0.2) is 0 Å². The molecule has 0 saturated carbocycles. The van der Waals surface area contributed by atoms with Crippen LogP contribution in [0.4, 0.5) is 8.78 Å². The lowest BCUT2D eigenvalue weighted by atomic mass is 10.1. The van der Waals surface area contributed by atoms with E-state index in [2.05, 4.69) is 10.3 Å². The van der Waals surface area contributed by atoms with Gasteiger partial charge in [0, 0.05) is 19.0 Å². The maximum Gasteiger partial charge on any atom is 0.320 e. The van der Waals surface area contributed by atoms with Crippen LogP contribution in [0, 0.1) is 5.92 Å². The van der Waals surface area contributed by atoms with Gasteiger partial charge in [0.2, 0.25) is 0 Å².